The van der Waals surface area contributed by atoms with Crippen LogP contribution in [0.3, 0.4) is 0 Å². The third-order valence-electron chi connectivity index (χ3n) is 3.13. The van der Waals surface area contributed by atoms with E-state index in [1.54, 1.807) is 18.2 Å². The van der Waals surface area contributed by atoms with Crippen molar-refractivity contribution in [2.75, 3.05) is 5.73 Å². The largest absolute Gasteiger partial charge is 0.508 e. The van der Waals surface area contributed by atoms with Crippen LogP contribution in [0.15, 0.2) is 36.4 Å². The predicted octanol–water partition coefficient (Wildman–Crippen LogP) is 2.93. The monoisotopic (exact) mass is 253 g/mol. The van der Waals surface area contributed by atoms with Gasteiger partial charge in [0.05, 0.1) is 11.0 Å². The Morgan fingerprint density at radius 2 is 1.74 bits per heavy atom. The number of aromatic hydroxyl groups is 1. The zero-order valence-corrected chi connectivity index (χ0v) is 10.9. The third-order valence-corrected chi connectivity index (χ3v) is 3.13. The molecule has 0 radical (unpaired) electrons. The number of fused-ring (bicyclic) bond motifs is 1. The van der Waals surface area contributed by atoms with Crippen molar-refractivity contribution in [1.82, 2.24) is 9.55 Å². The van der Waals surface area contributed by atoms with Crippen molar-refractivity contribution in [1.29, 1.82) is 0 Å². The van der Waals surface area contributed by atoms with Gasteiger partial charge in [-0.3, -0.25) is 4.57 Å². The number of anilines is 1. The number of hydrogen-bond donors (Lipinski definition) is 2. The van der Waals surface area contributed by atoms with E-state index in [1.165, 1.54) is 0 Å². The number of nitrogens with zero attached hydrogens (tertiary/aromatic N) is 2. The summed E-state index contributed by atoms with van der Waals surface area (Å²) in [6, 6.07) is 11.3. The Labute approximate surface area is 111 Å². The van der Waals surface area contributed by atoms with Gasteiger partial charge in [-0.15, -0.1) is 0 Å². The van der Waals surface area contributed by atoms with E-state index in [0.717, 1.165) is 27.8 Å². The molecule has 0 bridgehead atoms. The van der Waals surface area contributed by atoms with E-state index in [2.05, 4.69) is 23.2 Å². The highest BCUT2D eigenvalue weighted by Gasteiger charge is 2.11. The van der Waals surface area contributed by atoms with Crippen LogP contribution in [0.25, 0.3) is 16.7 Å². The lowest BCUT2D eigenvalue weighted by Gasteiger charge is -2.09. The molecule has 1 heterocycles. The standard InChI is InChI=1S/C15H15N3O/c1-9-5-10(2)7-11(6-9)18-14-8-12(19)3-4-13(14)17-15(18)16/h3-8,19H,1-2H3,(H2,16,17). The fourth-order valence-corrected chi connectivity index (χ4v) is 2.43. The summed E-state index contributed by atoms with van der Waals surface area (Å²) < 4.78 is 1.86. The first-order valence-corrected chi connectivity index (χ1v) is 6.10. The molecule has 0 fully saturated rings. The van der Waals surface area contributed by atoms with E-state index < -0.39 is 0 Å². The Morgan fingerprint density at radius 3 is 2.42 bits per heavy atom. The molecule has 2 aromatic carbocycles. The summed E-state index contributed by atoms with van der Waals surface area (Å²) in [4.78, 5) is 4.32. The topological polar surface area (TPSA) is 64.1 Å². The minimum atomic E-state index is 0.207. The number of nitrogens with two attached hydrogens (primary N) is 1. The van der Waals surface area contributed by atoms with Crippen LogP contribution in [-0.2, 0) is 0 Å². The first-order chi connectivity index (χ1) is 9.04. The second-order valence-corrected chi connectivity index (χ2v) is 4.82. The van der Waals surface area contributed by atoms with Crippen molar-refractivity contribution in [3.8, 4) is 11.4 Å². The number of phenolic OH excluding ortho intramolecular Hbond substituents is 1. The maximum atomic E-state index is 9.64. The van der Waals surface area contributed by atoms with Gasteiger partial charge >= 0.3 is 0 Å². The van der Waals surface area contributed by atoms with Crippen LogP contribution >= 0.6 is 0 Å². The van der Waals surface area contributed by atoms with Crippen molar-refractivity contribution in [2.45, 2.75) is 13.8 Å². The summed E-state index contributed by atoms with van der Waals surface area (Å²) in [6.07, 6.45) is 0. The minimum Gasteiger partial charge on any atom is -0.508 e. The molecule has 96 valence electrons. The Morgan fingerprint density at radius 1 is 1.05 bits per heavy atom. The molecule has 0 atom stereocenters. The lowest BCUT2D eigenvalue weighted by molar-refractivity contribution is 0.476. The molecule has 0 saturated heterocycles. The zero-order chi connectivity index (χ0) is 13.6. The lowest BCUT2D eigenvalue weighted by atomic mass is 10.1. The molecule has 3 aromatic rings. The maximum absolute atomic E-state index is 9.64. The number of imidazole rings is 1. The fourth-order valence-electron chi connectivity index (χ4n) is 2.43. The molecule has 3 N–H and O–H groups in total. The van der Waals surface area contributed by atoms with Crippen LogP contribution in [0, 0.1) is 13.8 Å². The summed E-state index contributed by atoms with van der Waals surface area (Å²) in [5, 5.41) is 9.64. The van der Waals surface area contributed by atoms with E-state index in [4.69, 9.17) is 5.73 Å². The summed E-state index contributed by atoms with van der Waals surface area (Å²) in [7, 11) is 0. The van der Waals surface area contributed by atoms with Crippen LogP contribution in [0.4, 0.5) is 5.95 Å². The smallest absolute Gasteiger partial charge is 0.205 e. The molecule has 19 heavy (non-hydrogen) atoms. The van der Waals surface area contributed by atoms with Gasteiger partial charge in [0.25, 0.3) is 0 Å². The van der Waals surface area contributed by atoms with Crippen LogP contribution in [-0.4, -0.2) is 14.7 Å². The molecule has 4 heteroatoms. The Bertz CT molecular complexity index is 754. The van der Waals surface area contributed by atoms with Crippen LogP contribution < -0.4 is 5.73 Å². The normalized spacial score (nSPS) is 11.1. The zero-order valence-electron chi connectivity index (χ0n) is 10.9. The molecule has 0 aliphatic carbocycles. The van der Waals surface area contributed by atoms with Gasteiger partial charge in [-0.1, -0.05) is 6.07 Å². The van der Waals surface area contributed by atoms with E-state index in [0.29, 0.717) is 5.95 Å². The Kier molecular flexibility index (Phi) is 2.45. The van der Waals surface area contributed by atoms with Gasteiger partial charge in [-0.05, 0) is 49.2 Å². The van der Waals surface area contributed by atoms with E-state index in [-0.39, 0.29) is 5.75 Å². The Balaban J connectivity index is 2.35. The van der Waals surface area contributed by atoms with E-state index in [9.17, 15) is 5.11 Å². The van der Waals surface area contributed by atoms with Gasteiger partial charge in [-0.2, -0.15) is 0 Å². The van der Waals surface area contributed by atoms with Gasteiger partial charge in [0, 0.05) is 11.8 Å². The highest BCUT2D eigenvalue weighted by Crippen LogP contribution is 2.27. The van der Waals surface area contributed by atoms with Crippen molar-refractivity contribution in [3.63, 3.8) is 0 Å². The van der Waals surface area contributed by atoms with Crippen LogP contribution in [0.5, 0.6) is 5.75 Å². The lowest BCUT2D eigenvalue weighted by Crippen LogP contribution is -2.01. The molecule has 0 aliphatic heterocycles. The molecule has 0 spiro atoms. The van der Waals surface area contributed by atoms with Gasteiger partial charge in [0.15, 0.2) is 0 Å². The van der Waals surface area contributed by atoms with Crippen molar-refractivity contribution in [3.05, 3.63) is 47.5 Å². The second-order valence-electron chi connectivity index (χ2n) is 4.82. The molecule has 0 amide bonds. The average Bonchev–Trinajstić information content (AvgIpc) is 2.63. The van der Waals surface area contributed by atoms with Crippen LogP contribution in [0.2, 0.25) is 0 Å². The maximum Gasteiger partial charge on any atom is 0.205 e. The highest BCUT2D eigenvalue weighted by atomic mass is 16.3. The van der Waals surface area contributed by atoms with Crippen LogP contribution in [0.1, 0.15) is 11.1 Å². The number of benzene rings is 2. The number of phenols is 1. The number of nitrogen functional groups attached to an aromatic ring is 1. The minimum absolute atomic E-state index is 0.207. The number of aromatic nitrogens is 2. The SMILES string of the molecule is Cc1cc(C)cc(-n2c(N)nc3ccc(O)cc32)c1. The number of aryl methyl sites for hydroxylation is 2. The summed E-state index contributed by atoms with van der Waals surface area (Å²) in [5.41, 5.74) is 10.9. The van der Waals surface area contributed by atoms with E-state index in [1.807, 2.05) is 18.4 Å². The van der Waals surface area contributed by atoms with Gasteiger partial charge in [-0.25, -0.2) is 4.98 Å². The first kappa shape index (κ1) is 11.6. The molecular formula is C15H15N3O. The van der Waals surface area contributed by atoms with Gasteiger partial charge in [0.1, 0.15) is 5.75 Å². The predicted molar refractivity (Wildman–Crippen MR) is 76.6 cm³/mol. The molecule has 0 aliphatic rings. The Hall–Kier alpha value is -2.49. The average molecular weight is 253 g/mol. The molecule has 3 rings (SSSR count). The summed E-state index contributed by atoms with van der Waals surface area (Å²) >= 11 is 0. The molecule has 4 nitrogen and oxygen atoms in total. The van der Waals surface area contributed by atoms with Crippen molar-refractivity contribution < 1.29 is 5.11 Å². The van der Waals surface area contributed by atoms with Gasteiger partial charge in [0.2, 0.25) is 5.95 Å². The van der Waals surface area contributed by atoms with Crippen molar-refractivity contribution >= 4 is 17.0 Å². The molecule has 0 saturated carbocycles. The highest BCUT2D eigenvalue weighted by molar-refractivity contribution is 5.82. The van der Waals surface area contributed by atoms with Crippen molar-refractivity contribution in [2.24, 2.45) is 0 Å². The summed E-state index contributed by atoms with van der Waals surface area (Å²) in [5.74, 6) is 0.628. The fraction of sp³-hybridized carbons (Fsp3) is 0.133. The number of rotatable bonds is 1. The molecular weight excluding hydrogens is 238 g/mol. The second kappa shape index (κ2) is 4.02. The first-order valence-electron chi connectivity index (χ1n) is 6.10. The molecule has 1 aromatic heterocycles. The third kappa shape index (κ3) is 1.91. The molecule has 0 unspecified atom stereocenters. The quantitative estimate of drug-likeness (QED) is 0.700. The summed E-state index contributed by atoms with van der Waals surface area (Å²) in [6.45, 7) is 4.09. The van der Waals surface area contributed by atoms with E-state index >= 15 is 0 Å². The van der Waals surface area contributed by atoms with Gasteiger partial charge < -0.3 is 10.8 Å². The number of hydrogen-bond acceptors (Lipinski definition) is 3.